The first-order valence-electron chi connectivity index (χ1n) is 9.07. The topological polar surface area (TPSA) is 76.2 Å². The number of ether oxygens (including phenoxy) is 2. The third kappa shape index (κ3) is 4.10. The van der Waals surface area contributed by atoms with Crippen molar-refractivity contribution >= 4 is 11.6 Å². The van der Waals surface area contributed by atoms with Gasteiger partial charge in [-0.15, -0.1) is 0 Å². The van der Waals surface area contributed by atoms with Crippen molar-refractivity contribution in [2.75, 3.05) is 19.5 Å². The smallest absolute Gasteiger partial charge is 0.416 e. The number of rotatable bonds is 6. The van der Waals surface area contributed by atoms with Crippen LogP contribution >= 0.6 is 0 Å². The third-order valence-corrected chi connectivity index (χ3v) is 4.57. The fraction of sp³-hybridized carbons (Fsp3) is 0.238. The van der Waals surface area contributed by atoms with E-state index in [1.54, 1.807) is 18.2 Å². The molecule has 0 atom stereocenters. The van der Waals surface area contributed by atoms with Crippen molar-refractivity contribution in [3.05, 3.63) is 59.3 Å². The summed E-state index contributed by atoms with van der Waals surface area (Å²) in [6.45, 7) is 1.86. The number of hydrogen-bond donors (Lipinski definition) is 2. The Labute approximate surface area is 171 Å². The van der Waals surface area contributed by atoms with Crippen LogP contribution in [-0.4, -0.2) is 30.3 Å². The quantitative estimate of drug-likeness (QED) is 0.594. The Hall–Kier alpha value is -3.49. The molecule has 0 spiro atoms. The summed E-state index contributed by atoms with van der Waals surface area (Å²) in [5.41, 5.74) is 1.22. The van der Waals surface area contributed by atoms with Gasteiger partial charge >= 0.3 is 6.18 Å². The molecule has 0 aliphatic rings. The molecule has 3 rings (SSSR count). The number of anilines is 1. The van der Waals surface area contributed by atoms with E-state index in [2.05, 4.69) is 15.5 Å². The molecule has 2 N–H and O–H groups in total. The minimum atomic E-state index is -4.43. The average Bonchev–Trinajstić information content (AvgIpc) is 3.14. The number of nitrogens with zero attached hydrogens (tertiary/aromatic N) is 1. The average molecular weight is 419 g/mol. The minimum Gasteiger partial charge on any atom is -0.496 e. The predicted octanol–water partition coefficient (Wildman–Crippen LogP) is 4.93. The molecule has 158 valence electrons. The van der Waals surface area contributed by atoms with Crippen LogP contribution in [0.15, 0.2) is 42.5 Å². The van der Waals surface area contributed by atoms with Gasteiger partial charge in [-0.2, -0.15) is 18.3 Å². The molecule has 1 amide bonds. The van der Waals surface area contributed by atoms with Crippen LogP contribution in [0.25, 0.3) is 11.3 Å². The molecule has 30 heavy (non-hydrogen) atoms. The Morgan fingerprint density at radius 2 is 1.67 bits per heavy atom. The molecule has 0 saturated carbocycles. The zero-order valence-corrected chi connectivity index (χ0v) is 16.6. The fourth-order valence-corrected chi connectivity index (χ4v) is 3.05. The van der Waals surface area contributed by atoms with E-state index in [4.69, 9.17) is 9.47 Å². The van der Waals surface area contributed by atoms with E-state index in [9.17, 15) is 18.0 Å². The first kappa shape index (κ1) is 21.2. The second-order valence-corrected chi connectivity index (χ2v) is 6.35. The minimum absolute atomic E-state index is 0.198. The number of aromatic amines is 1. The lowest BCUT2D eigenvalue weighted by Crippen LogP contribution is -2.15. The summed E-state index contributed by atoms with van der Waals surface area (Å²) < 4.78 is 49.1. The van der Waals surface area contributed by atoms with Gasteiger partial charge in [0, 0.05) is 5.56 Å². The Morgan fingerprint density at radius 3 is 2.17 bits per heavy atom. The third-order valence-electron chi connectivity index (χ3n) is 4.57. The van der Waals surface area contributed by atoms with Gasteiger partial charge in [0.2, 0.25) is 0 Å². The SMILES string of the molecule is CCc1[nH]nc(-c2ccc(C(F)(F)F)cc2)c1NC(=O)c1c(OC)cccc1OC. The van der Waals surface area contributed by atoms with Crippen LogP contribution in [0, 0.1) is 0 Å². The van der Waals surface area contributed by atoms with E-state index in [1.807, 2.05) is 6.92 Å². The van der Waals surface area contributed by atoms with Gasteiger partial charge in [0.15, 0.2) is 0 Å². The Morgan fingerprint density at radius 1 is 1.07 bits per heavy atom. The molecular formula is C21H20F3N3O3. The highest BCUT2D eigenvalue weighted by atomic mass is 19.4. The standard InChI is InChI=1S/C21H20F3N3O3/c1-4-14-19(25-20(28)17-15(29-2)6-5-7-16(17)30-3)18(27-26-14)12-8-10-13(11-9-12)21(22,23)24/h5-11H,4H2,1-3H3,(H,25,28)(H,26,27). The van der Waals surface area contributed by atoms with E-state index in [0.29, 0.717) is 40.6 Å². The molecule has 2 aromatic carbocycles. The lowest BCUT2D eigenvalue weighted by molar-refractivity contribution is -0.137. The molecule has 0 bridgehead atoms. The number of nitrogens with one attached hydrogen (secondary N) is 2. The highest BCUT2D eigenvalue weighted by Gasteiger charge is 2.30. The highest BCUT2D eigenvalue weighted by molar-refractivity contribution is 6.09. The van der Waals surface area contributed by atoms with Gasteiger partial charge < -0.3 is 14.8 Å². The molecule has 9 heteroatoms. The van der Waals surface area contributed by atoms with Gasteiger partial charge in [-0.3, -0.25) is 9.89 Å². The van der Waals surface area contributed by atoms with Crippen LogP contribution in [0.2, 0.25) is 0 Å². The number of halogens is 3. The second kappa shape index (κ2) is 8.48. The molecule has 1 heterocycles. The number of methoxy groups -OCH3 is 2. The maximum atomic E-state index is 13.0. The van der Waals surface area contributed by atoms with Crippen molar-refractivity contribution in [1.82, 2.24) is 10.2 Å². The Bertz CT molecular complexity index is 1020. The van der Waals surface area contributed by atoms with Crippen LogP contribution < -0.4 is 14.8 Å². The molecule has 1 aromatic heterocycles. The number of aromatic nitrogens is 2. The van der Waals surface area contributed by atoms with Gasteiger partial charge in [-0.05, 0) is 30.7 Å². The number of carbonyl (C=O) groups excluding carboxylic acids is 1. The zero-order chi connectivity index (χ0) is 21.9. The summed E-state index contributed by atoms with van der Waals surface area (Å²) in [5.74, 6) is 0.155. The van der Waals surface area contributed by atoms with E-state index in [1.165, 1.54) is 26.4 Å². The molecule has 3 aromatic rings. The van der Waals surface area contributed by atoms with E-state index >= 15 is 0 Å². The maximum Gasteiger partial charge on any atom is 0.416 e. The van der Waals surface area contributed by atoms with Crippen molar-refractivity contribution in [2.24, 2.45) is 0 Å². The van der Waals surface area contributed by atoms with Crippen LogP contribution in [0.3, 0.4) is 0 Å². The first-order valence-corrected chi connectivity index (χ1v) is 9.07. The normalized spacial score (nSPS) is 11.3. The first-order chi connectivity index (χ1) is 14.3. The monoisotopic (exact) mass is 419 g/mol. The maximum absolute atomic E-state index is 13.0. The number of aryl methyl sites for hydroxylation is 1. The molecule has 6 nitrogen and oxygen atoms in total. The summed E-state index contributed by atoms with van der Waals surface area (Å²) in [6, 6.07) is 9.54. The summed E-state index contributed by atoms with van der Waals surface area (Å²) in [5, 5.41) is 9.83. The zero-order valence-electron chi connectivity index (χ0n) is 16.6. The van der Waals surface area contributed by atoms with Crippen molar-refractivity contribution in [3.8, 4) is 22.8 Å². The molecule has 0 saturated heterocycles. The lowest BCUT2D eigenvalue weighted by Gasteiger charge is -2.14. The fourth-order valence-electron chi connectivity index (χ4n) is 3.05. The Kier molecular flexibility index (Phi) is 6.00. The Balaban J connectivity index is 2.00. The molecule has 0 aliphatic carbocycles. The number of H-pyrrole nitrogens is 1. The largest absolute Gasteiger partial charge is 0.496 e. The van der Waals surface area contributed by atoms with Crippen molar-refractivity contribution < 1.29 is 27.4 Å². The van der Waals surface area contributed by atoms with Crippen molar-refractivity contribution in [2.45, 2.75) is 19.5 Å². The molecule has 0 unspecified atom stereocenters. The van der Waals surface area contributed by atoms with E-state index in [0.717, 1.165) is 12.1 Å². The number of carbonyl (C=O) groups is 1. The van der Waals surface area contributed by atoms with Crippen LogP contribution in [0.1, 0.15) is 28.5 Å². The van der Waals surface area contributed by atoms with Crippen LogP contribution in [-0.2, 0) is 12.6 Å². The van der Waals surface area contributed by atoms with E-state index in [-0.39, 0.29) is 5.56 Å². The van der Waals surface area contributed by atoms with Crippen LogP contribution in [0.5, 0.6) is 11.5 Å². The molecule has 0 fully saturated rings. The van der Waals surface area contributed by atoms with Crippen molar-refractivity contribution in [3.63, 3.8) is 0 Å². The lowest BCUT2D eigenvalue weighted by atomic mass is 10.1. The summed E-state index contributed by atoms with van der Waals surface area (Å²) in [6.07, 6.45) is -3.91. The van der Waals surface area contributed by atoms with Crippen LogP contribution in [0.4, 0.5) is 18.9 Å². The van der Waals surface area contributed by atoms with Gasteiger partial charge in [0.1, 0.15) is 22.8 Å². The molecular weight excluding hydrogens is 399 g/mol. The molecule has 0 radical (unpaired) electrons. The van der Waals surface area contributed by atoms with E-state index < -0.39 is 17.6 Å². The number of benzene rings is 2. The van der Waals surface area contributed by atoms with Crippen molar-refractivity contribution in [1.29, 1.82) is 0 Å². The second-order valence-electron chi connectivity index (χ2n) is 6.35. The number of alkyl halides is 3. The highest BCUT2D eigenvalue weighted by Crippen LogP contribution is 2.35. The summed E-state index contributed by atoms with van der Waals surface area (Å²) in [7, 11) is 2.88. The summed E-state index contributed by atoms with van der Waals surface area (Å²) in [4.78, 5) is 13.0. The van der Waals surface area contributed by atoms with Gasteiger partial charge in [-0.25, -0.2) is 0 Å². The predicted molar refractivity (Wildman–Crippen MR) is 106 cm³/mol. The number of hydrogen-bond acceptors (Lipinski definition) is 4. The summed E-state index contributed by atoms with van der Waals surface area (Å²) >= 11 is 0. The number of amides is 1. The van der Waals surface area contributed by atoms with Gasteiger partial charge in [0.05, 0.1) is 31.2 Å². The van der Waals surface area contributed by atoms with Gasteiger partial charge in [0.25, 0.3) is 5.91 Å². The molecule has 0 aliphatic heterocycles. The van der Waals surface area contributed by atoms with Gasteiger partial charge in [-0.1, -0.05) is 25.1 Å².